The van der Waals surface area contributed by atoms with Gasteiger partial charge < -0.3 is 20.3 Å². The molecule has 1 aromatic heterocycles. The number of carboxylic acid groups (broad SMARTS) is 1. The molecule has 1 aromatic rings. The number of pyridine rings is 1. The van der Waals surface area contributed by atoms with Crippen LogP contribution in [-0.2, 0) is 4.79 Å². The first-order valence-electron chi connectivity index (χ1n) is 4.62. The summed E-state index contributed by atoms with van der Waals surface area (Å²) < 4.78 is 0. The number of carbonyl (C=O) groups excluding carboxylic acids is 2. The van der Waals surface area contributed by atoms with Gasteiger partial charge in [0.1, 0.15) is 0 Å². The summed E-state index contributed by atoms with van der Waals surface area (Å²) in [5.74, 6) is -2.16. The highest BCUT2D eigenvalue weighted by Crippen LogP contribution is 1.98. The van der Waals surface area contributed by atoms with Gasteiger partial charge in [0.2, 0.25) is 0 Å². The van der Waals surface area contributed by atoms with E-state index in [4.69, 9.17) is 5.11 Å². The molecule has 0 aliphatic carbocycles. The summed E-state index contributed by atoms with van der Waals surface area (Å²) in [6.45, 7) is 1.25. The van der Waals surface area contributed by atoms with Gasteiger partial charge >= 0.3 is 0 Å². The number of carboxylic acids is 1. The number of aliphatic hydroxyl groups excluding tert-OH is 1. The summed E-state index contributed by atoms with van der Waals surface area (Å²) in [5.41, 5.74) is 0.217. The number of aromatic nitrogens is 1. The molecular weight excluding hydrogens is 212 g/mol. The molecule has 0 saturated carbocycles. The van der Waals surface area contributed by atoms with Gasteiger partial charge in [0, 0.05) is 12.4 Å². The van der Waals surface area contributed by atoms with E-state index >= 15 is 0 Å². The Hall–Kier alpha value is -1.95. The minimum atomic E-state index is -1.53. The van der Waals surface area contributed by atoms with Crippen LogP contribution in [-0.4, -0.2) is 34.1 Å². The summed E-state index contributed by atoms with van der Waals surface area (Å²) in [7, 11) is 0. The number of aliphatic hydroxyl groups is 1. The number of hydrogen-bond acceptors (Lipinski definition) is 5. The van der Waals surface area contributed by atoms with Gasteiger partial charge in [0.15, 0.2) is 0 Å². The molecule has 0 fully saturated rings. The lowest BCUT2D eigenvalue weighted by Crippen LogP contribution is -2.53. The molecule has 0 aliphatic rings. The third-order valence-corrected chi connectivity index (χ3v) is 1.95. The maximum absolute atomic E-state index is 11.5. The van der Waals surface area contributed by atoms with Crippen LogP contribution >= 0.6 is 0 Å². The Morgan fingerprint density at radius 3 is 2.69 bits per heavy atom. The summed E-state index contributed by atoms with van der Waals surface area (Å²) in [6, 6.07) is 1.59. The van der Waals surface area contributed by atoms with Crippen molar-refractivity contribution in [1.29, 1.82) is 0 Å². The van der Waals surface area contributed by atoms with Gasteiger partial charge in [-0.15, -0.1) is 0 Å². The van der Waals surface area contributed by atoms with Gasteiger partial charge in [-0.05, 0) is 19.1 Å². The molecular formula is C10H11N2O4-. The van der Waals surface area contributed by atoms with E-state index in [-0.39, 0.29) is 5.56 Å². The number of hydrogen-bond donors (Lipinski definition) is 2. The number of nitrogens with zero attached hydrogens (tertiary/aromatic N) is 1. The summed E-state index contributed by atoms with van der Waals surface area (Å²) in [5, 5.41) is 21.9. The minimum absolute atomic E-state index is 0.217. The van der Waals surface area contributed by atoms with Gasteiger partial charge in [0.05, 0.1) is 23.7 Å². The number of aliphatic carboxylic acids is 1. The molecule has 16 heavy (non-hydrogen) atoms. The van der Waals surface area contributed by atoms with Gasteiger partial charge in [-0.2, -0.15) is 0 Å². The quantitative estimate of drug-likeness (QED) is 0.634. The lowest BCUT2D eigenvalue weighted by atomic mass is 10.1. The number of carbonyl (C=O) groups is 2. The second-order valence-corrected chi connectivity index (χ2v) is 3.25. The first-order valence-corrected chi connectivity index (χ1v) is 4.62. The van der Waals surface area contributed by atoms with E-state index in [1.807, 2.05) is 0 Å². The van der Waals surface area contributed by atoms with Crippen molar-refractivity contribution in [3.8, 4) is 0 Å². The van der Waals surface area contributed by atoms with Crippen molar-refractivity contribution in [2.45, 2.75) is 19.1 Å². The SMILES string of the molecule is C[C@@H](O)[C@@H](NC(=O)c1cccnc1)C(=O)[O-]. The van der Waals surface area contributed by atoms with Crippen LogP contribution in [0.4, 0.5) is 0 Å². The minimum Gasteiger partial charge on any atom is -0.548 e. The van der Waals surface area contributed by atoms with E-state index in [9.17, 15) is 14.7 Å². The summed E-state index contributed by atoms with van der Waals surface area (Å²) >= 11 is 0. The summed E-state index contributed by atoms with van der Waals surface area (Å²) in [4.78, 5) is 25.8. The lowest BCUT2D eigenvalue weighted by molar-refractivity contribution is -0.310. The first-order chi connectivity index (χ1) is 7.52. The molecule has 0 aliphatic heterocycles. The smallest absolute Gasteiger partial charge is 0.253 e. The predicted molar refractivity (Wildman–Crippen MR) is 52.2 cm³/mol. The fourth-order valence-electron chi connectivity index (χ4n) is 1.10. The number of rotatable bonds is 4. The van der Waals surface area contributed by atoms with E-state index < -0.39 is 24.0 Å². The van der Waals surface area contributed by atoms with Crippen molar-refractivity contribution in [1.82, 2.24) is 10.3 Å². The molecule has 1 amide bonds. The van der Waals surface area contributed by atoms with Crippen LogP contribution in [0.1, 0.15) is 17.3 Å². The van der Waals surface area contributed by atoms with Crippen LogP contribution in [0.15, 0.2) is 24.5 Å². The zero-order valence-corrected chi connectivity index (χ0v) is 8.58. The molecule has 0 bridgehead atoms. The maximum Gasteiger partial charge on any atom is 0.253 e. The molecule has 6 nitrogen and oxygen atoms in total. The third kappa shape index (κ3) is 3.03. The Bertz CT molecular complexity index is 378. The molecule has 0 unspecified atom stereocenters. The summed E-state index contributed by atoms with van der Waals surface area (Å²) in [6.07, 6.45) is 1.55. The zero-order valence-electron chi connectivity index (χ0n) is 8.58. The highest BCUT2D eigenvalue weighted by molar-refractivity contribution is 5.96. The Kier molecular flexibility index (Phi) is 3.96. The van der Waals surface area contributed by atoms with Crippen molar-refractivity contribution in [2.75, 3.05) is 0 Å². The van der Waals surface area contributed by atoms with Crippen molar-refractivity contribution in [3.63, 3.8) is 0 Å². The average molecular weight is 223 g/mol. The largest absolute Gasteiger partial charge is 0.548 e. The molecule has 1 heterocycles. The van der Waals surface area contributed by atoms with Crippen molar-refractivity contribution in [2.24, 2.45) is 0 Å². The third-order valence-electron chi connectivity index (χ3n) is 1.95. The topological polar surface area (TPSA) is 102 Å². The highest BCUT2D eigenvalue weighted by Gasteiger charge is 2.19. The Morgan fingerprint density at radius 1 is 1.56 bits per heavy atom. The molecule has 0 aromatic carbocycles. The van der Waals surface area contributed by atoms with Gasteiger partial charge in [-0.1, -0.05) is 0 Å². The van der Waals surface area contributed by atoms with Gasteiger partial charge in [-0.25, -0.2) is 0 Å². The average Bonchev–Trinajstić information content (AvgIpc) is 2.25. The highest BCUT2D eigenvalue weighted by atomic mass is 16.4. The lowest BCUT2D eigenvalue weighted by Gasteiger charge is -2.22. The molecule has 0 saturated heterocycles. The second kappa shape index (κ2) is 5.22. The van der Waals surface area contributed by atoms with Crippen molar-refractivity contribution < 1.29 is 19.8 Å². The van der Waals surface area contributed by atoms with E-state index in [2.05, 4.69) is 10.3 Å². The van der Waals surface area contributed by atoms with Crippen LogP contribution < -0.4 is 10.4 Å². The molecule has 2 N–H and O–H groups in total. The Morgan fingerprint density at radius 2 is 2.25 bits per heavy atom. The predicted octanol–water partition coefficient (Wildman–Crippen LogP) is -1.69. The van der Waals surface area contributed by atoms with Crippen LogP contribution in [0, 0.1) is 0 Å². The van der Waals surface area contributed by atoms with Crippen LogP contribution in [0.5, 0.6) is 0 Å². The fourth-order valence-corrected chi connectivity index (χ4v) is 1.10. The normalized spacial score (nSPS) is 13.9. The van der Waals surface area contributed by atoms with Crippen LogP contribution in [0.2, 0.25) is 0 Å². The van der Waals surface area contributed by atoms with Crippen LogP contribution in [0.25, 0.3) is 0 Å². The van der Waals surface area contributed by atoms with E-state index in [0.29, 0.717) is 0 Å². The van der Waals surface area contributed by atoms with Gasteiger partial charge in [-0.3, -0.25) is 9.78 Å². The van der Waals surface area contributed by atoms with E-state index in [1.165, 1.54) is 25.4 Å². The van der Waals surface area contributed by atoms with Gasteiger partial charge in [0.25, 0.3) is 5.91 Å². The number of nitrogens with one attached hydrogen (secondary N) is 1. The Balaban J connectivity index is 2.74. The van der Waals surface area contributed by atoms with Crippen molar-refractivity contribution in [3.05, 3.63) is 30.1 Å². The molecule has 6 heteroatoms. The Labute approximate surface area is 91.9 Å². The van der Waals surface area contributed by atoms with Crippen LogP contribution in [0.3, 0.4) is 0 Å². The standard InChI is InChI=1S/C10H12N2O4/c1-6(13)8(10(15)16)12-9(14)7-3-2-4-11-5-7/h2-6,8,13H,1H3,(H,12,14)(H,15,16)/p-1/t6-,8-/m1/s1. The second-order valence-electron chi connectivity index (χ2n) is 3.25. The fraction of sp³-hybridized carbons (Fsp3) is 0.300. The molecule has 0 radical (unpaired) electrons. The first kappa shape index (κ1) is 12.1. The molecule has 2 atom stereocenters. The monoisotopic (exact) mass is 223 g/mol. The molecule has 1 rings (SSSR count). The van der Waals surface area contributed by atoms with E-state index in [0.717, 1.165) is 0 Å². The van der Waals surface area contributed by atoms with Crippen molar-refractivity contribution >= 4 is 11.9 Å². The maximum atomic E-state index is 11.5. The molecule has 86 valence electrons. The number of amides is 1. The zero-order chi connectivity index (χ0) is 12.1. The molecule has 0 spiro atoms. The van der Waals surface area contributed by atoms with E-state index in [1.54, 1.807) is 6.07 Å².